The van der Waals surface area contributed by atoms with E-state index in [2.05, 4.69) is 72.2 Å². The van der Waals surface area contributed by atoms with Gasteiger partial charge in [0, 0.05) is 29.8 Å². The Kier molecular flexibility index (Phi) is 5.47. The van der Waals surface area contributed by atoms with Crippen LogP contribution < -0.4 is 10.2 Å². The van der Waals surface area contributed by atoms with Crippen LogP contribution in [0.4, 0.5) is 5.69 Å². The van der Waals surface area contributed by atoms with Gasteiger partial charge in [0.1, 0.15) is 0 Å². The lowest BCUT2D eigenvalue weighted by atomic mass is 10.0. The molecular weight excluding hydrogens is 276 g/mol. The maximum atomic E-state index is 3.64. The van der Waals surface area contributed by atoms with Crippen molar-refractivity contribution in [2.75, 3.05) is 19.0 Å². The van der Waals surface area contributed by atoms with Gasteiger partial charge in [0.25, 0.3) is 0 Å². The lowest BCUT2D eigenvalue weighted by Gasteiger charge is -2.30. The van der Waals surface area contributed by atoms with E-state index < -0.39 is 0 Å². The number of rotatable bonds is 5. The van der Waals surface area contributed by atoms with Gasteiger partial charge >= 0.3 is 0 Å². The second-order valence-corrected chi connectivity index (χ2v) is 5.76. The molecule has 0 aliphatic heterocycles. The van der Waals surface area contributed by atoms with E-state index in [9.17, 15) is 0 Å². The van der Waals surface area contributed by atoms with Crippen LogP contribution in [0.5, 0.6) is 0 Å². The van der Waals surface area contributed by atoms with Crippen molar-refractivity contribution in [3.8, 4) is 0 Å². The van der Waals surface area contributed by atoms with E-state index in [1.165, 1.54) is 15.7 Å². The highest BCUT2D eigenvalue weighted by atomic mass is 79.9. The summed E-state index contributed by atoms with van der Waals surface area (Å²) in [5, 5.41) is 3.17. The molecule has 0 fully saturated rings. The summed E-state index contributed by atoms with van der Waals surface area (Å²) >= 11 is 3.64. The molecular formula is C14H23BrN2. The molecule has 0 aromatic heterocycles. The standard InChI is InChI=1S/C14H23BrN2/c1-10(2)11(3)17(5)13-7-6-12(9-16-4)14(15)8-13/h6-8,10-11,16H,9H2,1-5H3. The molecule has 0 saturated heterocycles. The molecule has 1 N–H and O–H groups in total. The fraction of sp³-hybridized carbons (Fsp3) is 0.571. The number of nitrogens with one attached hydrogen (secondary N) is 1. The van der Waals surface area contributed by atoms with E-state index in [4.69, 9.17) is 0 Å². The highest BCUT2D eigenvalue weighted by Gasteiger charge is 2.14. The first kappa shape index (κ1) is 14.5. The third-order valence-electron chi connectivity index (χ3n) is 3.39. The lowest BCUT2D eigenvalue weighted by molar-refractivity contribution is 0.505. The van der Waals surface area contributed by atoms with E-state index in [-0.39, 0.29) is 0 Å². The summed E-state index contributed by atoms with van der Waals surface area (Å²) in [7, 11) is 4.12. The Morgan fingerprint density at radius 1 is 1.29 bits per heavy atom. The summed E-state index contributed by atoms with van der Waals surface area (Å²) in [6.07, 6.45) is 0. The van der Waals surface area contributed by atoms with E-state index in [0.717, 1.165) is 6.54 Å². The minimum Gasteiger partial charge on any atom is -0.372 e. The normalized spacial score (nSPS) is 12.9. The van der Waals surface area contributed by atoms with Gasteiger partial charge in [0.2, 0.25) is 0 Å². The van der Waals surface area contributed by atoms with Crippen molar-refractivity contribution in [3.05, 3.63) is 28.2 Å². The van der Waals surface area contributed by atoms with Crippen molar-refractivity contribution < 1.29 is 0 Å². The fourth-order valence-corrected chi connectivity index (χ4v) is 2.28. The number of benzene rings is 1. The average molecular weight is 299 g/mol. The molecule has 0 radical (unpaired) electrons. The highest BCUT2D eigenvalue weighted by molar-refractivity contribution is 9.10. The van der Waals surface area contributed by atoms with Gasteiger partial charge in [0.15, 0.2) is 0 Å². The molecule has 0 spiro atoms. The Bertz CT molecular complexity index is 363. The Morgan fingerprint density at radius 3 is 2.41 bits per heavy atom. The van der Waals surface area contributed by atoms with Crippen LogP contribution in [0.2, 0.25) is 0 Å². The SMILES string of the molecule is CNCc1ccc(N(C)C(C)C(C)C)cc1Br. The largest absolute Gasteiger partial charge is 0.372 e. The molecule has 0 saturated carbocycles. The quantitative estimate of drug-likeness (QED) is 0.893. The van der Waals surface area contributed by atoms with Gasteiger partial charge < -0.3 is 10.2 Å². The average Bonchev–Trinajstić information content (AvgIpc) is 2.30. The number of hydrogen-bond donors (Lipinski definition) is 1. The maximum absolute atomic E-state index is 3.64. The molecule has 17 heavy (non-hydrogen) atoms. The molecule has 1 rings (SSSR count). The van der Waals surface area contributed by atoms with E-state index in [1.807, 2.05) is 7.05 Å². The lowest BCUT2D eigenvalue weighted by Crippen LogP contribution is -2.33. The van der Waals surface area contributed by atoms with Crippen LogP contribution in [0.3, 0.4) is 0 Å². The summed E-state index contributed by atoms with van der Waals surface area (Å²) in [5.74, 6) is 0.649. The van der Waals surface area contributed by atoms with Crippen molar-refractivity contribution in [1.82, 2.24) is 5.32 Å². The Morgan fingerprint density at radius 2 is 1.94 bits per heavy atom. The van der Waals surface area contributed by atoms with Gasteiger partial charge in [0.05, 0.1) is 0 Å². The third-order valence-corrected chi connectivity index (χ3v) is 4.13. The van der Waals surface area contributed by atoms with Crippen molar-refractivity contribution in [1.29, 1.82) is 0 Å². The number of hydrogen-bond acceptors (Lipinski definition) is 2. The molecule has 1 aromatic rings. The third kappa shape index (κ3) is 3.71. The second kappa shape index (κ2) is 6.41. The van der Waals surface area contributed by atoms with Crippen LogP contribution in [0.1, 0.15) is 26.3 Å². The molecule has 0 amide bonds. The van der Waals surface area contributed by atoms with Gasteiger partial charge in [-0.25, -0.2) is 0 Å². The topological polar surface area (TPSA) is 15.3 Å². The Hall–Kier alpha value is -0.540. The van der Waals surface area contributed by atoms with Crippen molar-refractivity contribution in [2.24, 2.45) is 5.92 Å². The molecule has 0 aliphatic carbocycles. The molecule has 1 atom stereocenters. The fourth-order valence-electron chi connectivity index (χ4n) is 1.77. The van der Waals surface area contributed by atoms with Crippen LogP contribution in [0.15, 0.2) is 22.7 Å². The number of halogens is 1. The predicted molar refractivity (Wildman–Crippen MR) is 79.6 cm³/mol. The summed E-state index contributed by atoms with van der Waals surface area (Å²) in [5.41, 5.74) is 2.56. The van der Waals surface area contributed by atoms with Crippen LogP contribution in [-0.2, 0) is 6.54 Å². The van der Waals surface area contributed by atoms with Gasteiger partial charge in [-0.05, 0) is 37.6 Å². The van der Waals surface area contributed by atoms with Gasteiger partial charge in [-0.15, -0.1) is 0 Å². The minimum absolute atomic E-state index is 0.539. The van der Waals surface area contributed by atoms with Crippen molar-refractivity contribution in [3.63, 3.8) is 0 Å². The summed E-state index contributed by atoms with van der Waals surface area (Å²) in [4.78, 5) is 2.33. The van der Waals surface area contributed by atoms with E-state index in [0.29, 0.717) is 12.0 Å². The number of anilines is 1. The minimum atomic E-state index is 0.539. The maximum Gasteiger partial charge on any atom is 0.0377 e. The molecule has 0 aliphatic rings. The zero-order chi connectivity index (χ0) is 13.0. The monoisotopic (exact) mass is 298 g/mol. The molecule has 0 bridgehead atoms. The molecule has 2 nitrogen and oxygen atoms in total. The zero-order valence-electron chi connectivity index (χ0n) is 11.4. The summed E-state index contributed by atoms with van der Waals surface area (Å²) in [6, 6.07) is 7.11. The Balaban J connectivity index is 2.89. The van der Waals surface area contributed by atoms with Crippen molar-refractivity contribution in [2.45, 2.75) is 33.4 Å². The summed E-state index contributed by atoms with van der Waals surface area (Å²) in [6.45, 7) is 7.67. The molecule has 1 unspecified atom stereocenters. The smallest absolute Gasteiger partial charge is 0.0377 e. The van der Waals surface area contributed by atoms with Crippen LogP contribution >= 0.6 is 15.9 Å². The molecule has 3 heteroatoms. The van der Waals surface area contributed by atoms with Gasteiger partial charge in [-0.3, -0.25) is 0 Å². The molecule has 0 heterocycles. The first-order chi connectivity index (χ1) is 7.97. The van der Waals surface area contributed by atoms with Gasteiger partial charge in [-0.2, -0.15) is 0 Å². The first-order valence-electron chi connectivity index (χ1n) is 6.13. The van der Waals surface area contributed by atoms with Crippen LogP contribution in [-0.4, -0.2) is 20.1 Å². The van der Waals surface area contributed by atoms with Gasteiger partial charge in [-0.1, -0.05) is 35.8 Å². The zero-order valence-corrected chi connectivity index (χ0v) is 13.0. The highest BCUT2D eigenvalue weighted by Crippen LogP contribution is 2.26. The predicted octanol–water partition coefficient (Wildman–Crippen LogP) is 3.65. The van der Waals surface area contributed by atoms with E-state index >= 15 is 0 Å². The van der Waals surface area contributed by atoms with Crippen LogP contribution in [0.25, 0.3) is 0 Å². The molecule has 1 aromatic carbocycles. The van der Waals surface area contributed by atoms with Crippen LogP contribution in [0, 0.1) is 5.92 Å². The van der Waals surface area contributed by atoms with E-state index in [1.54, 1.807) is 0 Å². The second-order valence-electron chi connectivity index (χ2n) is 4.90. The summed E-state index contributed by atoms with van der Waals surface area (Å²) < 4.78 is 1.17. The first-order valence-corrected chi connectivity index (χ1v) is 6.92. The Labute approximate surface area is 114 Å². The van der Waals surface area contributed by atoms with Crippen molar-refractivity contribution >= 4 is 21.6 Å². The number of nitrogens with zero attached hydrogens (tertiary/aromatic N) is 1. The molecule has 96 valence electrons.